The fourth-order valence-corrected chi connectivity index (χ4v) is 6.46. The van der Waals surface area contributed by atoms with Crippen molar-refractivity contribution in [3.8, 4) is 5.88 Å². The van der Waals surface area contributed by atoms with Gasteiger partial charge in [-0.2, -0.15) is 0 Å². The molecule has 0 spiro atoms. The second-order valence-corrected chi connectivity index (χ2v) is 9.66. The zero-order valence-corrected chi connectivity index (χ0v) is 17.7. The maximum Gasteiger partial charge on any atom is 0.234 e. The third-order valence-corrected chi connectivity index (χ3v) is 7.82. The number of primary amides is 1. The Bertz CT molecular complexity index is 969. The van der Waals surface area contributed by atoms with Crippen LogP contribution in [0.25, 0.3) is 10.2 Å². The molecule has 3 N–H and O–H groups in total. The Labute approximate surface area is 179 Å². The van der Waals surface area contributed by atoms with E-state index in [2.05, 4.69) is 20.2 Å². The van der Waals surface area contributed by atoms with Crippen LogP contribution in [0.15, 0.2) is 6.33 Å². The van der Waals surface area contributed by atoms with Crippen LogP contribution in [0.4, 0.5) is 0 Å². The van der Waals surface area contributed by atoms with Gasteiger partial charge < -0.3 is 15.8 Å². The molecule has 2 fully saturated rings. The Morgan fingerprint density at radius 2 is 2.10 bits per heavy atom. The number of nitrogens with zero attached hydrogens (tertiary/aromatic N) is 3. The molecule has 1 aliphatic heterocycles. The van der Waals surface area contributed by atoms with E-state index in [4.69, 9.17) is 10.5 Å². The van der Waals surface area contributed by atoms with Gasteiger partial charge in [0.1, 0.15) is 17.3 Å². The molecule has 2 aromatic heterocycles. The molecule has 0 aromatic carbocycles. The van der Waals surface area contributed by atoms with Crippen molar-refractivity contribution in [2.24, 2.45) is 5.73 Å². The van der Waals surface area contributed by atoms with E-state index in [1.54, 1.807) is 17.7 Å². The predicted molar refractivity (Wildman–Crippen MR) is 114 cm³/mol. The number of amides is 2. The minimum Gasteiger partial charge on any atom is -0.474 e. The van der Waals surface area contributed by atoms with Gasteiger partial charge in [0.05, 0.1) is 11.9 Å². The maximum absolute atomic E-state index is 11.7. The SMILES string of the molecule is NC(=O)C[C@H]1CCc2sc3ncnc(O[C@H]4CC[C@@H](N5CCNC(=O)C5)CC4)c3c21. The van der Waals surface area contributed by atoms with Crippen LogP contribution in [0.3, 0.4) is 0 Å². The summed E-state index contributed by atoms with van der Waals surface area (Å²) in [6.45, 7) is 2.17. The highest BCUT2D eigenvalue weighted by Crippen LogP contribution is 2.47. The first-order chi connectivity index (χ1) is 14.6. The number of rotatable bonds is 5. The summed E-state index contributed by atoms with van der Waals surface area (Å²) in [6, 6.07) is 0.451. The monoisotopic (exact) mass is 429 g/mol. The average Bonchev–Trinajstić information content (AvgIpc) is 3.28. The minimum atomic E-state index is -0.267. The van der Waals surface area contributed by atoms with E-state index >= 15 is 0 Å². The van der Waals surface area contributed by atoms with Crippen molar-refractivity contribution in [1.82, 2.24) is 20.2 Å². The van der Waals surface area contributed by atoms with Crippen LogP contribution in [0, 0.1) is 0 Å². The van der Waals surface area contributed by atoms with Gasteiger partial charge in [0, 0.05) is 30.4 Å². The molecule has 3 aliphatic rings. The Hall–Kier alpha value is -2.26. The van der Waals surface area contributed by atoms with Crippen molar-refractivity contribution in [3.63, 3.8) is 0 Å². The van der Waals surface area contributed by atoms with Gasteiger partial charge in [-0.1, -0.05) is 0 Å². The van der Waals surface area contributed by atoms with Crippen LogP contribution in [0.5, 0.6) is 5.88 Å². The Morgan fingerprint density at radius 1 is 1.27 bits per heavy atom. The first-order valence-corrected chi connectivity index (χ1v) is 11.6. The van der Waals surface area contributed by atoms with Gasteiger partial charge in [0.15, 0.2) is 0 Å². The van der Waals surface area contributed by atoms with Gasteiger partial charge in [-0.3, -0.25) is 14.5 Å². The standard InChI is InChI=1S/C21H27N5O3S/c22-16(27)9-12-1-6-15-18(12)19-20(24-11-25-21(19)30-15)29-14-4-2-13(3-5-14)26-8-7-23-17(28)10-26/h11-14H,1-10H2,(H2,22,27)(H,23,28)/t12-,13-,14+/m1/s1. The van der Waals surface area contributed by atoms with E-state index in [1.807, 2.05) is 0 Å². The molecule has 1 saturated heterocycles. The lowest BCUT2D eigenvalue weighted by molar-refractivity contribution is -0.125. The molecule has 0 unspecified atom stereocenters. The van der Waals surface area contributed by atoms with E-state index in [9.17, 15) is 9.59 Å². The van der Waals surface area contributed by atoms with E-state index in [1.165, 1.54) is 10.4 Å². The summed E-state index contributed by atoms with van der Waals surface area (Å²) < 4.78 is 6.40. The van der Waals surface area contributed by atoms with Crippen LogP contribution >= 0.6 is 11.3 Å². The second-order valence-electron chi connectivity index (χ2n) is 8.57. The van der Waals surface area contributed by atoms with Crippen LogP contribution < -0.4 is 15.8 Å². The van der Waals surface area contributed by atoms with Crippen molar-refractivity contribution in [3.05, 3.63) is 16.8 Å². The second kappa shape index (κ2) is 8.11. The molecule has 5 rings (SSSR count). The smallest absolute Gasteiger partial charge is 0.234 e. The van der Waals surface area contributed by atoms with Gasteiger partial charge in [0.25, 0.3) is 0 Å². The fraction of sp³-hybridized carbons (Fsp3) is 0.619. The van der Waals surface area contributed by atoms with Crippen LogP contribution in [0.1, 0.15) is 54.9 Å². The van der Waals surface area contributed by atoms with Gasteiger partial charge in [0.2, 0.25) is 17.7 Å². The summed E-state index contributed by atoms with van der Waals surface area (Å²) >= 11 is 1.69. The summed E-state index contributed by atoms with van der Waals surface area (Å²) in [6.07, 6.45) is 7.91. The normalized spacial score (nSPS) is 27.1. The molecule has 160 valence electrons. The Kier molecular flexibility index (Phi) is 5.32. The Balaban J connectivity index is 1.31. The van der Waals surface area contributed by atoms with Crippen LogP contribution in [-0.2, 0) is 16.0 Å². The lowest BCUT2D eigenvalue weighted by atomic mass is 9.91. The number of nitrogens with two attached hydrogens (primary N) is 1. The number of fused-ring (bicyclic) bond motifs is 3. The Morgan fingerprint density at radius 3 is 2.87 bits per heavy atom. The predicted octanol–water partition coefficient (Wildman–Crippen LogP) is 1.72. The molecule has 2 amide bonds. The molecule has 1 atom stereocenters. The molecular weight excluding hydrogens is 402 g/mol. The first kappa shape index (κ1) is 19.7. The topological polar surface area (TPSA) is 110 Å². The molecule has 30 heavy (non-hydrogen) atoms. The third kappa shape index (κ3) is 3.76. The molecule has 0 radical (unpaired) electrons. The van der Waals surface area contributed by atoms with Crippen molar-refractivity contribution in [2.45, 2.75) is 63.0 Å². The number of piperazine rings is 1. The van der Waals surface area contributed by atoms with Crippen molar-refractivity contribution >= 4 is 33.4 Å². The average molecular weight is 430 g/mol. The first-order valence-electron chi connectivity index (χ1n) is 10.8. The lowest BCUT2D eigenvalue weighted by Gasteiger charge is -2.38. The fourth-order valence-electron chi connectivity index (χ4n) is 5.23. The zero-order valence-electron chi connectivity index (χ0n) is 16.9. The highest BCUT2D eigenvalue weighted by molar-refractivity contribution is 7.19. The van der Waals surface area contributed by atoms with Crippen LogP contribution in [-0.4, -0.2) is 58.5 Å². The number of aromatic nitrogens is 2. The number of thiophene rings is 1. The largest absolute Gasteiger partial charge is 0.474 e. The molecular formula is C21H27N5O3S. The summed E-state index contributed by atoms with van der Waals surface area (Å²) in [5.41, 5.74) is 6.66. The summed E-state index contributed by atoms with van der Waals surface area (Å²) in [4.78, 5) is 36.7. The van der Waals surface area contributed by atoms with E-state index in [-0.39, 0.29) is 23.8 Å². The summed E-state index contributed by atoms with van der Waals surface area (Å²) in [5.74, 6) is 0.645. The zero-order chi connectivity index (χ0) is 20.7. The quantitative estimate of drug-likeness (QED) is 0.749. The summed E-state index contributed by atoms with van der Waals surface area (Å²) in [5, 5.41) is 3.88. The number of nitrogens with one attached hydrogen (secondary N) is 1. The number of hydrogen-bond donors (Lipinski definition) is 2. The van der Waals surface area contributed by atoms with Crippen LogP contribution in [0.2, 0.25) is 0 Å². The number of hydrogen-bond acceptors (Lipinski definition) is 7. The molecule has 3 heterocycles. The summed E-state index contributed by atoms with van der Waals surface area (Å²) in [7, 11) is 0. The molecule has 8 nitrogen and oxygen atoms in total. The van der Waals surface area contributed by atoms with Gasteiger partial charge in [-0.25, -0.2) is 9.97 Å². The number of aryl methyl sites for hydroxylation is 1. The van der Waals surface area contributed by atoms with Gasteiger partial charge >= 0.3 is 0 Å². The number of ether oxygens (including phenoxy) is 1. The third-order valence-electron chi connectivity index (χ3n) is 6.65. The van der Waals surface area contributed by atoms with E-state index < -0.39 is 0 Å². The van der Waals surface area contributed by atoms with E-state index in [0.717, 1.165) is 61.8 Å². The van der Waals surface area contributed by atoms with Crippen molar-refractivity contribution in [1.29, 1.82) is 0 Å². The highest BCUT2D eigenvalue weighted by Gasteiger charge is 2.33. The lowest BCUT2D eigenvalue weighted by Crippen LogP contribution is -2.52. The maximum atomic E-state index is 11.7. The highest BCUT2D eigenvalue weighted by atomic mass is 32.1. The van der Waals surface area contributed by atoms with Gasteiger partial charge in [-0.05, 0) is 50.0 Å². The molecule has 0 bridgehead atoms. The number of carbonyl (C=O) groups is 2. The minimum absolute atomic E-state index is 0.115. The molecule has 9 heteroatoms. The van der Waals surface area contributed by atoms with Crippen molar-refractivity contribution < 1.29 is 14.3 Å². The van der Waals surface area contributed by atoms with Crippen molar-refractivity contribution in [2.75, 3.05) is 19.6 Å². The van der Waals surface area contributed by atoms with E-state index in [0.29, 0.717) is 24.9 Å². The number of carbonyl (C=O) groups excluding carboxylic acids is 2. The van der Waals surface area contributed by atoms with Gasteiger partial charge in [-0.15, -0.1) is 11.3 Å². The molecule has 2 aliphatic carbocycles. The molecule has 1 saturated carbocycles. The molecule has 2 aromatic rings.